The second-order valence-corrected chi connectivity index (χ2v) is 10.9. The number of carbonyl (C=O) groups is 1. The predicted octanol–water partition coefficient (Wildman–Crippen LogP) is 2.55. The van der Waals surface area contributed by atoms with Gasteiger partial charge in [0.1, 0.15) is 5.82 Å². The molecule has 11 nitrogen and oxygen atoms in total. The van der Waals surface area contributed by atoms with E-state index in [1.807, 2.05) is 43.5 Å². The number of aromatic amines is 2. The Morgan fingerprint density at radius 1 is 1.09 bits per heavy atom. The fourth-order valence-electron chi connectivity index (χ4n) is 3.22. The number of H-pyrrole nitrogens is 2. The summed E-state index contributed by atoms with van der Waals surface area (Å²) in [6.07, 6.45) is 0.176. The Balaban J connectivity index is 1.59. The molecule has 14 heteroatoms. The van der Waals surface area contributed by atoms with E-state index < -0.39 is 11.2 Å². The van der Waals surface area contributed by atoms with Crippen molar-refractivity contribution in [2.45, 2.75) is 36.7 Å². The van der Waals surface area contributed by atoms with Crippen LogP contribution in [0.1, 0.15) is 29.6 Å². The standard InChI is InChI=1S/C21H22N8O3S3/c1-4-33-21-28-26-19(35-21)24-17(31)10-34-20-27-25-15(8-13-9-16(30)23-18(32)22-13)29(20)14-7-11(2)5-6-12(14)3/h5-7,9H,4,8,10H2,1-3H3,(H,24,26,31)(H2,22,23,30,32). The van der Waals surface area contributed by atoms with Crippen molar-refractivity contribution in [3.63, 3.8) is 0 Å². The van der Waals surface area contributed by atoms with E-state index in [1.165, 1.54) is 29.2 Å². The zero-order chi connectivity index (χ0) is 24.9. The molecule has 0 aliphatic rings. The van der Waals surface area contributed by atoms with Gasteiger partial charge >= 0.3 is 5.69 Å². The van der Waals surface area contributed by atoms with Crippen molar-refractivity contribution in [3.05, 3.63) is 67.7 Å². The summed E-state index contributed by atoms with van der Waals surface area (Å²) in [5.74, 6) is 1.24. The summed E-state index contributed by atoms with van der Waals surface area (Å²) in [5.41, 5.74) is 2.20. The average molecular weight is 531 g/mol. The van der Waals surface area contributed by atoms with Crippen LogP contribution in [0.25, 0.3) is 5.69 Å². The van der Waals surface area contributed by atoms with Crippen molar-refractivity contribution in [1.29, 1.82) is 0 Å². The van der Waals surface area contributed by atoms with Gasteiger partial charge in [0.25, 0.3) is 5.56 Å². The number of nitrogens with one attached hydrogen (secondary N) is 3. The number of thioether (sulfide) groups is 2. The number of hydrogen-bond acceptors (Lipinski definition) is 10. The van der Waals surface area contributed by atoms with Gasteiger partial charge in [-0.3, -0.25) is 24.5 Å². The lowest BCUT2D eigenvalue weighted by Crippen LogP contribution is -2.23. The van der Waals surface area contributed by atoms with Crippen LogP contribution >= 0.6 is 34.9 Å². The smallest absolute Gasteiger partial charge is 0.311 e. The first-order chi connectivity index (χ1) is 16.8. The Morgan fingerprint density at radius 2 is 1.91 bits per heavy atom. The van der Waals surface area contributed by atoms with Gasteiger partial charge in [-0.2, -0.15) is 0 Å². The summed E-state index contributed by atoms with van der Waals surface area (Å²) in [4.78, 5) is 40.8. The summed E-state index contributed by atoms with van der Waals surface area (Å²) >= 11 is 4.12. The Morgan fingerprint density at radius 3 is 2.69 bits per heavy atom. The molecule has 0 unspecified atom stereocenters. The third kappa shape index (κ3) is 6.26. The molecular formula is C21H22N8O3S3. The molecule has 0 fully saturated rings. The minimum Gasteiger partial charge on any atom is -0.311 e. The molecule has 4 rings (SSSR count). The van der Waals surface area contributed by atoms with Crippen molar-refractivity contribution in [2.75, 3.05) is 16.8 Å². The maximum atomic E-state index is 12.6. The lowest BCUT2D eigenvalue weighted by molar-refractivity contribution is -0.113. The van der Waals surface area contributed by atoms with Crippen molar-refractivity contribution < 1.29 is 4.79 Å². The molecule has 1 aromatic carbocycles. The first-order valence-corrected chi connectivity index (χ1v) is 13.3. The summed E-state index contributed by atoms with van der Waals surface area (Å²) in [7, 11) is 0. The van der Waals surface area contributed by atoms with E-state index in [-0.39, 0.29) is 18.1 Å². The van der Waals surface area contributed by atoms with E-state index in [4.69, 9.17) is 0 Å². The highest BCUT2D eigenvalue weighted by atomic mass is 32.2. The maximum Gasteiger partial charge on any atom is 0.325 e. The fourth-order valence-corrected chi connectivity index (χ4v) is 5.65. The molecule has 0 saturated carbocycles. The number of amides is 1. The first kappa shape index (κ1) is 24.9. The predicted molar refractivity (Wildman–Crippen MR) is 137 cm³/mol. The number of benzene rings is 1. The number of hydrogen-bond donors (Lipinski definition) is 3. The van der Waals surface area contributed by atoms with Crippen LogP contribution in [0, 0.1) is 13.8 Å². The van der Waals surface area contributed by atoms with Crippen molar-refractivity contribution in [1.82, 2.24) is 34.9 Å². The van der Waals surface area contributed by atoms with E-state index in [0.29, 0.717) is 21.8 Å². The third-order valence-corrected chi connectivity index (χ3v) is 7.51. The highest BCUT2D eigenvalue weighted by Gasteiger charge is 2.19. The van der Waals surface area contributed by atoms with Crippen LogP contribution in [0.2, 0.25) is 0 Å². The Labute approximate surface area is 212 Å². The van der Waals surface area contributed by atoms with Gasteiger partial charge < -0.3 is 4.98 Å². The molecule has 0 aliphatic heterocycles. The monoisotopic (exact) mass is 530 g/mol. The third-order valence-electron chi connectivity index (χ3n) is 4.72. The van der Waals surface area contributed by atoms with E-state index >= 15 is 0 Å². The van der Waals surface area contributed by atoms with E-state index in [1.54, 1.807) is 11.8 Å². The van der Waals surface area contributed by atoms with Gasteiger partial charge in [-0.05, 0) is 36.8 Å². The normalized spacial score (nSPS) is 11.1. The molecule has 182 valence electrons. The topological polar surface area (TPSA) is 151 Å². The summed E-state index contributed by atoms with van der Waals surface area (Å²) in [6.45, 7) is 5.97. The molecule has 3 aromatic heterocycles. The molecule has 0 spiro atoms. The lowest BCUT2D eigenvalue weighted by atomic mass is 10.1. The Kier molecular flexibility index (Phi) is 7.83. The molecule has 0 atom stereocenters. The number of anilines is 1. The summed E-state index contributed by atoms with van der Waals surface area (Å²) in [6, 6.07) is 7.31. The minimum atomic E-state index is -0.589. The molecule has 0 radical (unpaired) electrons. The molecule has 0 aliphatic carbocycles. The molecule has 0 saturated heterocycles. The summed E-state index contributed by atoms with van der Waals surface area (Å²) in [5, 5.41) is 20.4. The van der Waals surface area contributed by atoms with Crippen LogP contribution in [-0.4, -0.2) is 52.3 Å². The highest BCUT2D eigenvalue weighted by Crippen LogP contribution is 2.27. The Bertz CT molecular complexity index is 1440. The second kappa shape index (κ2) is 11.0. The summed E-state index contributed by atoms with van der Waals surface area (Å²) < 4.78 is 2.65. The SMILES string of the molecule is CCSc1nnc(NC(=O)CSc2nnc(Cc3cc(=O)[nH]c(=O)[nH]3)n2-c2cc(C)ccc2C)s1. The molecule has 3 N–H and O–H groups in total. The van der Waals surface area contributed by atoms with Crippen LogP contribution in [0.3, 0.4) is 0 Å². The number of rotatable bonds is 9. The molecule has 35 heavy (non-hydrogen) atoms. The number of aromatic nitrogens is 7. The first-order valence-electron chi connectivity index (χ1n) is 10.6. The van der Waals surface area contributed by atoms with Crippen LogP contribution in [0.4, 0.5) is 5.13 Å². The van der Waals surface area contributed by atoms with Crippen LogP contribution < -0.4 is 16.6 Å². The lowest BCUT2D eigenvalue weighted by Gasteiger charge is -2.13. The van der Waals surface area contributed by atoms with Gasteiger partial charge in [0, 0.05) is 18.2 Å². The number of nitrogens with zero attached hydrogens (tertiary/aromatic N) is 5. The molecule has 3 heterocycles. The minimum absolute atomic E-state index is 0.0840. The maximum absolute atomic E-state index is 12.6. The largest absolute Gasteiger partial charge is 0.325 e. The van der Waals surface area contributed by atoms with Gasteiger partial charge in [-0.1, -0.05) is 53.9 Å². The highest BCUT2D eigenvalue weighted by molar-refractivity contribution is 8.01. The van der Waals surface area contributed by atoms with Crippen molar-refractivity contribution in [3.8, 4) is 5.69 Å². The van der Waals surface area contributed by atoms with Crippen LogP contribution in [0.15, 0.2) is 43.4 Å². The van der Waals surface area contributed by atoms with E-state index in [2.05, 4.69) is 35.7 Å². The van der Waals surface area contributed by atoms with Gasteiger partial charge in [0.05, 0.1) is 11.4 Å². The molecule has 4 aromatic rings. The zero-order valence-electron chi connectivity index (χ0n) is 19.1. The molecular weight excluding hydrogens is 508 g/mol. The quantitative estimate of drug-likeness (QED) is 0.219. The van der Waals surface area contributed by atoms with Gasteiger partial charge in [-0.25, -0.2) is 4.79 Å². The molecule has 1 amide bonds. The second-order valence-electron chi connectivity index (χ2n) is 7.46. The fraction of sp³-hybridized carbons (Fsp3) is 0.286. The van der Waals surface area contributed by atoms with Crippen LogP contribution in [0.5, 0.6) is 0 Å². The van der Waals surface area contributed by atoms with Gasteiger partial charge in [0.15, 0.2) is 9.50 Å². The van der Waals surface area contributed by atoms with Gasteiger partial charge in [0.2, 0.25) is 11.0 Å². The zero-order valence-corrected chi connectivity index (χ0v) is 21.6. The number of aryl methyl sites for hydroxylation is 2. The molecule has 0 bridgehead atoms. The number of carbonyl (C=O) groups excluding carboxylic acids is 1. The van der Waals surface area contributed by atoms with Crippen molar-refractivity contribution in [2.24, 2.45) is 0 Å². The van der Waals surface area contributed by atoms with Crippen molar-refractivity contribution >= 4 is 45.9 Å². The Hall–Kier alpha value is -3.23. The van der Waals surface area contributed by atoms with Gasteiger partial charge in [-0.15, -0.1) is 20.4 Å². The average Bonchev–Trinajstić information content (AvgIpc) is 3.40. The van der Waals surface area contributed by atoms with E-state index in [0.717, 1.165) is 26.9 Å². The van der Waals surface area contributed by atoms with E-state index in [9.17, 15) is 14.4 Å². The van der Waals surface area contributed by atoms with Crippen LogP contribution in [-0.2, 0) is 11.2 Å².